The first-order valence-corrected chi connectivity index (χ1v) is 16.1. The number of rotatable bonds is 11. The van der Waals surface area contributed by atoms with Crippen LogP contribution in [0.1, 0.15) is 40.7 Å². The predicted molar refractivity (Wildman–Crippen MR) is 179 cm³/mol. The van der Waals surface area contributed by atoms with E-state index in [1.165, 1.54) is 0 Å². The van der Waals surface area contributed by atoms with E-state index in [0.717, 1.165) is 36.3 Å². The third-order valence-electron chi connectivity index (χ3n) is 8.20. The standard InChI is InChI=1S/C34H37Cl2N3O6.ClH/c1-21-16-27(35)32(28(36)17-21)45-15-12-42-25-7-3-23(4-8-25)33(40)38-29-10-11-37-19-26(29)34(41)39(24-5-6-24)20-22-2-9-30-31(18-22)44-14-13-43-30;/h2-4,7-9,16-18,24,26,29,37H,5-6,10-15,19-20H2,1H3,(H,38,40);1H/t26?,29-;/m0./s1. The van der Waals surface area contributed by atoms with Crippen molar-refractivity contribution in [1.82, 2.24) is 15.5 Å². The zero-order chi connectivity index (χ0) is 31.3. The number of hydrogen-bond acceptors (Lipinski definition) is 7. The van der Waals surface area contributed by atoms with Gasteiger partial charge in [0.1, 0.15) is 32.2 Å². The maximum Gasteiger partial charge on any atom is 0.251 e. The molecule has 2 fully saturated rings. The molecule has 1 unspecified atom stereocenters. The second-order valence-electron chi connectivity index (χ2n) is 11.6. The number of nitrogens with one attached hydrogen (secondary N) is 2. The summed E-state index contributed by atoms with van der Waals surface area (Å²) >= 11 is 12.5. The van der Waals surface area contributed by atoms with Crippen LogP contribution in [-0.4, -0.2) is 68.3 Å². The molecule has 1 saturated carbocycles. The molecule has 2 aliphatic heterocycles. The fourth-order valence-electron chi connectivity index (χ4n) is 5.74. The number of amides is 2. The van der Waals surface area contributed by atoms with Gasteiger partial charge in [-0.05, 0) is 92.4 Å². The van der Waals surface area contributed by atoms with Crippen LogP contribution >= 0.6 is 35.6 Å². The Hall–Kier alpha value is -3.37. The summed E-state index contributed by atoms with van der Waals surface area (Å²) in [6, 6.07) is 16.3. The summed E-state index contributed by atoms with van der Waals surface area (Å²) in [6.45, 7) is 5.23. The predicted octanol–water partition coefficient (Wildman–Crippen LogP) is 5.85. The van der Waals surface area contributed by atoms with Crippen molar-refractivity contribution in [1.29, 1.82) is 0 Å². The summed E-state index contributed by atoms with van der Waals surface area (Å²) in [5, 5.41) is 7.40. The minimum atomic E-state index is -0.362. The number of aryl methyl sites for hydroxylation is 1. The lowest BCUT2D eigenvalue weighted by atomic mass is 9.91. The lowest BCUT2D eigenvalue weighted by Crippen LogP contribution is -2.55. The highest BCUT2D eigenvalue weighted by Crippen LogP contribution is 2.35. The highest BCUT2D eigenvalue weighted by Gasteiger charge is 2.40. The van der Waals surface area contributed by atoms with Crippen LogP contribution in [0.25, 0.3) is 0 Å². The molecule has 3 aliphatic rings. The van der Waals surface area contributed by atoms with E-state index in [0.29, 0.717) is 65.6 Å². The van der Waals surface area contributed by atoms with E-state index in [-0.39, 0.29) is 55.4 Å². The van der Waals surface area contributed by atoms with Crippen LogP contribution in [0.15, 0.2) is 54.6 Å². The van der Waals surface area contributed by atoms with E-state index in [1.54, 1.807) is 36.4 Å². The zero-order valence-corrected chi connectivity index (χ0v) is 27.9. The van der Waals surface area contributed by atoms with Gasteiger partial charge in [0.25, 0.3) is 5.91 Å². The van der Waals surface area contributed by atoms with Crippen molar-refractivity contribution in [2.24, 2.45) is 5.92 Å². The fourth-order valence-corrected chi connectivity index (χ4v) is 6.45. The summed E-state index contributed by atoms with van der Waals surface area (Å²) < 4.78 is 22.9. The number of halogens is 3. The van der Waals surface area contributed by atoms with Crippen LogP contribution < -0.4 is 29.6 Å². The van der Waals surface area contributed by atoms with E-state index in [9.17, 15) is 9.59 Å². The van der Waals surface area contributed by atoms with Gasteiger partial charge in [0.05, 0.1) is 16.0 Å². The molecule has 1 aliphatic carbocycles. The highest BCUT2D eigenvalue weighted by atomic mass is 35.5. The summed E-state index contributed by atoms with van der Waals surface area (Å²) in [6.07, 6.45) is 2.64. The first-order valence-electron chi connectivity index (χ1n) is 15.4. The van der Waals surface area contributed by atoms with Crippen molar-refractivity contribution < 1.29 is 28.5 Å². The third-order valence-corrected chi connectivity index (χ3v) is 8.77. The summed E-state index contributed by atoms with van der Waals surface area (Å²) in [7, 11) is 0. The van der Waals surface area contributed by atoms with Crippen LogP contribution in [0.5, 0.6) is 23.0 Å². The van der Waals surface area contributed by atoms with Gasteiger partial charge >= 0.3 is 0 Å². The Balaban J connectivity index is 0.00000417. The molecule has 2 atom stereocenters. The Labute approximate surface area is 285 Å². The van der Waals surface area contributed by atoms with Gasteiger partial charge in [0.15, 0.2) is 17.2 Å². The second-order valence-corrected chi connectivity index (χ2v) is 12.4. The van der Waals surface area contributed by atoms with Crippen LogP contribution in [-0.2, 0) is 11.3 Å². The van der Waals surface area contributed by atoms with Gasteiger partial charge in [-0.2, -0.15) is 0 Å². The molecule has 0 spiro atoms. The monoisotopic (exact) mass is 689 g/mol. The molecule has 46 heavy (non-hydrogen) atoms. The zero-order valence-electron chi connectivity index (χ0n) is 25.6. The quantitative estimate of drug-likeness (QED) is 0.244. The molecule has 3 aromatic rings. The molecular weight excluding hydrogens is 653 g/mol. The van der Waals surface area contributed by atoms with Crippen LogP contribution in [0.3, 0.4) is 0 Å². The smallest absolute Gasteiger partial charge is 0.251 e. The molecule has 9 nitrogen and oxygen atoms in total. The Morgan fingerprint density at radius 3 is 2.35 bits per heavy atom. The fraction of sp³-hybridized carbons (Fsp3) is 0.412. The minimum absolute atomic E-state index is 0. The summed E-state index contributed by atoms with van der Waals surface area (Å²) in [4.78, 5) is 29.2. The van der Waals surface area contributed by atoms with Crippen molar-refractivity contribution in [2.45, 2.75) is 44.8 Å². The van der Waals surface area contributed by atoms with Gasteiger partial charge in [0.2, 0.25) is 5.91 Å². The normalized spacial score (nSPS) is 18.6. The third kappa shape index (κ3) is 8.31. The first-order chi connectivity index (χ1) is 21.9. The van der Waals surface area contributed by atoms with Crippen LogP contribution in [0.4, 0.5) is 0 Å². The van der Waals surface area contributed by atoms with Gasteiger partial charge in [-0.25, -0.2) is 0 Å². The molecule has 6 rings (SSSR count). The maximum absolute atomic E-state index is 14.0. The van der Waals surface area contributed by atoms with Crippen LogP contribution in [0, 0.1) is 12.8 Å². The molecule has 0 radical (unpaired) electrons. The van der Waals surface area contributed by atoms with Gasteiger partial charge in [-0.3, -0.25) is 9.59 Å². The summed E-state index contributed by atoms with van der Waals surface area (Å²) in [5.41, 5.74) is 2.45. The highest BCUT2D eigenvalue weighted by molar-refractivity contribution is 6.37. The topological polar surface area (TPSA) is 98.4 Å². The number of fused-ring (bicyclic) bond motifs is 1. The molecule has 12 heteroatoms. The molecule has 1 saturated heterocycles. The van der Waals surface area contributed by atoms with E-state index in [1.807, 2.05) is 30.0 Å². The van der Waals surface area contributed by atoms with E-state index in [2.05, 4.69) is 10.6 Å². The molecule has 3 aromatic carbocycles. The van der Waals surface area contributed by atoms with Crippen molar-refractivity contribution in [3.8, 4) is 23.0 Å². The molecule has 2 heterocycles. The number of benzene rings is 3. The number of piperidine rings is 1. The van der Waals surface area contributed by atoms with E-state index < -0.39 is 0 Å². The van der Waals surface area contributed by atoms with E-state index >= 15 is 0 Å². The number of nitrogens with zero attached hydrogens (tertiary/aromatic N) is 1. The van der Waals surface area contributed by atoms with E-state index in [4.69, 9.17) is 42.1 Å². The largest absolute Gasteiger partial charge is 0.490 e. The van der Waals surface area contributed by atoms with Crippen molar-refractivity contribution in [3.05, 3.63) is 81.3 Å². The second kappa shape index (κ2) is 15.5. The van der Waals surface area contributed by atoms with Gasteiger partial charge < -0.3 is 34.5 Å². The number of carbonyl (C=O) groups is 2. The Morgan fingerprint density at radius 2 is 1.63 bits per heavy atom. The van der Waals surface area contributed by atoms with Crippen molar-refractivity contribution in [2.75, 3.05) is 39.5 Å². The number of hydrogen-bond donors (Lipinski definition) is 2. The molecule has 2 N–H and O–H groups in total. The van der Waals surface area contributed by atoms with Gasteiger partial charge in [0, 0.05) is 30.7 Å². The molecule has 0 aromatic heterocycles. The SMILES string of the molecule is Cc1cc(Cl)c(OCCOc2ccc(C(=O)N[C@H]3CCNCC3C(=O)N(Cc3ccc4c(c3)OCCO4)C3CC3)cc2)c(Cl)c1.Cl. The minimum Gasteiger partial charge on any atom is -0.490 e. The van der Waals surface area contributed by atoms with Crippen LogP contribution in [0.2, 0.25) is 10.0 Å². The lowest BCUT2D eigenvalue weighted by Gasteiger charge is -2.36. The molecular formula is C34H38Cl3N3O6. The van der Waals surface area contributed by atoms with Crippen molar-refractivity contribution >= 4 is 47.4 Å². The number of carbonyl (C=O) groups excluding carboxylic acids is 2. The molecule has 246 valence electrons. The van der Waals surface area contributed by atoms with Gasteiger partial charge in [-0.15, -0.1) is 12.4 Å². The average molecular weight is 691 g/mol. The molecule has 2 amide bonds. The number of ether oxygens (including phenoxy) is 4. The van der Waals surface area contributed by atoms with Gasteiger partial charge in [-0.1, -0.05) is 29.3 Å². The average Bonchev–Trinajstić information content (AvgIpc) is 3.88. The summed E-state index contributed by atoms with van der Waals surface area (Å²) in [5.74, 6) is 1.96. The maximum atomic E-state index is 14.0. The Morgan fingerprint density at radius 1 is 0.935 bits per heavy atom. The lowest BCUT2D eigenvalue weighted by molar-refractivity contribution is -0.138. The van der Waals surface area contributed by atoms with Crippen molar-refractivity contribution in [3.63, 3.8) is 0 Å². The Kier molecular flexibility index (Phi) is 11.4. The Bertz CT molecular complexity index is 1510. The molecule has 0 bridgehead atoms. The first kappa shape index (κ1) is 34.0.